The van der Waals surface area contributed by atoms with Crippen LogP contribution < -0.4 is 0 Å². The third-order valence-electron chi connectivity index (χ3n) is 6.81. The molecular formula is C36H21IrN6. The predicted molar refractivity (Wildman–Crippen MR) is 168 cm³/mol. The van der Waals surface area contributed by atoms with Crippen LogP contribution in [0.4, 0.5) is 0 Å². The van der Waals surface area contributed by atoms with Crippen molar-refractivity contribution in [1.82, 2.24) is 29.9 Å². The molecule has 0 fully saturated rings. The van der Waals surface area contributed by atoms with E-state index in [1.807, 2.05) is 91.0 Å². The van der Waals surface area contributed by atoms with E-state index in [1.165, 1.54) is 0 Å². The van der Waals surface area contributed by atoms with Gasteiger partial charge in [-0.1, -0.05) is 89.3 Å². The first-order valence-electron chi connectivity index (χ1n) is 13.4. The van der Waals surface area contributed by atoms with Crippen LogP contribution in [0.15, 0.2) is 128 Å². The number of pyridine rings is 6. The number of aromatic nitrogens is 6. The molecule has 0 atom stereocenters. The van der Waals surface area contributed by atoms with Crippen LogP contribution in [0.2, 0.25) is 0 Å². The van der Waals surface area contributed by atoms with Crippen LogP contribution in [0, 0.1) is 18.2 Å². The molecule has 0 spiro atoms. The summed E-state index contributed by atoms with van der Waals surface area (Å²) in [5.41, 5.74) is 5.74. The Balaban J connectivity index is 0.000000113. The molecule has 0 N–H and O–H groups in total. The second-order valence-corrected chi connectivity index (χ2v) is 9.37. The van der Waals surface area contributed by atoms with Gasteiger partial charge in [0.15, 0.2) is 0 Å². The molecule has 3 aromatic carbocycles. The standard InChI is InChI=1S/3C12H7N2.Ir/c3*1-3-9-5-6-11-10(4-2-7-13-11)12(9)14-8-1;/h3*1-3,5-8H;/q3*-1;+3. The SMILES string of the molecule is [Ir+3].[c-]1ccnc2ccc3cccnc3c12.[c-]1ccnc2ccc3cccnc3c12.[c-]1ccnc2ccc3cccnc3c12. The van der Waals surface area contributed by atoms with Crippen LogP contribution in [-0.2, 0) is 20.1 Å². The number of rotatable bonds is 0. The molecule has 6 heterocycles. The van der Waals surface area contributed by atoms with Crippen molar-refractivity contribution in [2.45, 2.75) is 0 Å². The normalized spacial score (nSPS) is 10.6. The molecule has 0 bridgehead atoms. The number of nitrogens with zero attached hydrogens (tertiary/aromatic N) is 6. The Morgan fingerprint density at radius 2 is 0.674 bits per heavy atom. The maximum atomic E-state index is 4.34. The van der Waals surface area contributed by atoms with E-state index in [0.29, 0.717) is 0 Å². The number of benzene rings is 3. The molecule has 0 saturated carbocycles. The minimum Gasteiger partial charge on any atom is -0.352 e. The van der Waals surface area contributed by atoms with E-state index in [-0.39, 0.29) is 20.1 Å². The van der Waals surface area contributed by atoms with Crippen molar-refractivity contribution >= 4 is 65.4 Å². The molecule has 6 nitrogen and oxygen atoms in total. The molecule has 0 unspecified atom stereocenters. The van der Waals surface area contributed by atoms with Gasteiger partial charge in [0.05, 0.1) is 0 Å². The van der Waals surface area contributed by atoms with Gasteiger partial charge >= 0.3 is 20.1 Å². The van der Waals surface area contributed by atoms with Gasteiger partial charge in [0.25, 0.3) is 0 Å². The summed E-state index contributed by atoms with van der Waals surface area (Å²) in [5.74, 6) is 0. The molecule has 9 aromatic rings. The zero-order valence-corrected chi connectivity index (χ0v) is 25.0. The first-order chi connectivity index (χ1) is 20.8. The van der Waals surface area contributed by atoms with E-state index in [9.17, 15) is 0 Å². The van der Waals surface area contributed by atoms with E-state index >= 15 is 0 Å². The van der Waals surface area contributed by atoms with Crippen LogP contribution in [0.25, 0.3) is 65.4 Å². The van der Waals surface area contributed by atoms with Gasteiger partial charge in [-0.05, 0) is 67.5 Å². The maximum absolute atomic E-state index is 4.34. The maximum Gasteiger partial charge on any atom is 3.00 e. The summed E-state index contributed by atoms with van der Waals surface area (Å²) in [5, 5.41) is 6.36. The van der Waals surface area contributed by atoms with Gasteiger partial charge in [-0.2, -0.15) is 0 Å². The zero-order valence-electron chi connectivity index (χ0n) is 22.6. The second-order valence-electron chi connectivity index (χ2n) is 9.37. The monoisotopic (exact) mass is 730 g/mol. The Kier molecular flexibility index (Phi) is 8.27. The predicted octanol–water partition coefficient (Wildman–Crippen LogP) is 7.75. The minimum absolute atomic E-state index is 0. The summed E-state index contributed by atoms with van der Waals surface area (Å²) in [6.07, 6.45) is 10.6. The fraction of sp³-hybridized carbons (Fsp3) is 0. The second kappa shape index (κ2) is 12.7. The molecule has 204 valence electrons. The van der Waals surface area contributed by atoms with Crippen molar-refractivity contribution in [3.8, 4) is 0 Å². The molecule has 0 saturated heterocycles. The topological polar surface area (TPSA) is 77.3 Å². The third kappa shape index (κ3) is 5.77. The van der Waals surface area contributed by atoms with E-state index < -0.39 is 0 Å². The molecule has 0 aliphatic heterocycles. The summed E-state index contributed by atoms with van der Waals surface area (Å²) in [7, 11) is 0. The van der Waals surface area contributed by atoms with Crippen LogP contribution in [0.1, 0.15) is 0 Å². The average Bonchev–Trinajstić information content (AvgIpc) is 3.09. The molecule has 0 radical (unpaired) electrons. The van der Waals surface area contributed by atoms with Crippen LogP contribution in [0.5, 0.6) is 0 Å². The van der Waals surface area contributed by atoms with E-state index in [4.69, 9.17) is 0 Å². The Labute approximate surface area is 260 Å². The summed E-state index contributed by atoms with van der Waals surface area (Å²) >= 11 is 0. The largest absolute Gasteiger partial charge is 3.00 e. The fourth-order valence-corrected chi connectivity index (χ4v) is 4.87. The Bertz CT molecular complexity index is 1910. The first kappa shape index (κ1) is 27.9. The minimum atomic E-state index is 0. The Morgan fingerprint density at radius 1 is 0.349 bits per heavy atom. The zero-order chi connectivity index (χ0) is 28.1. The number of fused-ring (bicyclic) bond motifs is 9. The molecule has 0 aliphatic carbocycles. The van der Waals surface area contributed by atoms with Gasteiger partial charge < -0.3 is 29.9 Å². The summed E-state index contributed by atoms with van der Waals surface area (Å²) in [6.45, 7) is 0. The van der Waals surface area contributed by atoms with Gasteiger partial charge in [0.1, 0.15) is 0 Å². The quantitative estimate of drug-likeness (QED) is 0.117. The van der Waals surface area contributed by atoms with Gasteiger partial charge in [-0.15, -0.1) is 36.4 Å². The van der Waals surface area contributed by atoms with Crippen molar-refractivity contribution in [3.63, 3.8) is 0 Å². The summed E-state index contributed by atoms with van der Waals surface area (Å²) in [6, 6.07) is 39.0. The smallest absolute Gasteiger partial charge is 0.352 e. The van der Waals surface area contributed by atoms with Gasteiger partial charge in [0.2, 0.25) is 0 Å². The van der Waals surface area contributed by atoms with Gasteiger partial charge in [0, 0.05) is 18.6 Å². The molecular weight excluding hydrogens is 709 g/mol. The first-order valence-corrected chi connectivity index (χ1v) is 13.4. The van der Waals surface area contributed by atoms with E-state index in [1.54, 1.807) is 37.2 Å². The van der Waals surface area contributed by atoms with Gasteiger partial charge in [-0.3, -0.25) is 0 Å². The van der Waals surface area contributed by atoms with Crippen LogP contribution in [0.3, 0.4) is 0 Å². The molecule has 0 amide bonds. The number of hydrogen-bond acceptors (Lipinski definition) is 6. The average molecular weight is 730 g/mol. The van der Waals surface area contributed by atoms with Crippen molar-refractivity contribution < 1.29 is 20.1 Å². The molecule has 7 heteroatoms. The van der Waals surface area contributed by atoms with E-state index in [0.717, 1.165) is 65.4 Å². The Morgan fingerprint density at radius 3 is 1.00 bits per heavy atom. The van der Waals surface area contributed by atoms with Crippen molar-refractivity contribution in [2.75, 3.05) is 0 Å². The van der Waals surface area contributed by atoms with Crippen molar-refractivity contribution in [3.05, 3.63) is 146 Å². The summed E-state index contributed by atoms with van der Waals surface area (Å²) < 4.78 is 0. The molecule has 6 aromatic heterocycles. The van der Waals surface area contributed by atoms with Crippen LogP contribution in [-0.4, -0.2) is 29.9 Å². The van der Waals surface area contributed by atoms with Gasteiger partial charge in [-0.25, -0.2) is 0 Å². The third-order valence-corrected chi connectivity index (χ3v) is 6.81. The molecule has 0 aliphatic rings. The molecule has 43 heavy (non-hydrogen) atoms. The van der Waals surface area contributed by atoms with Crippen LogP contribution >= 0.6 is 0 Å². The van der Waals surface area contributed by atoms with Crippen molar-refractivity contribution in [1.29, 1.82) is 0 Å². The van der Waals surface area contributed by atoms with Crippen molar-refractivity contribution in [2.24, 2.45) is 0 Å². The molecule has 9 rings (SSSR count). The fourth-order valence-electron chi connectivity index (χ4n) is 4.87. The summed E-state index contributed by atoms with van der Waals surface area (Å²) in [4.78, 5) is 25.8. The van der Waals surface area contributed by atoms with E-state index in [2.05, 4.69) is 48.1 Å². The number of hydrogen-bond donors (Lipinski definition) is 0. The Hall–Kier alpha value is -5.23.